The van der Waals surface area contributed by atoms with Crippen LogP contribution in [0.1, 0.15) is 24.0 Å². The molecule has 0 spiro atoms. The summed E-state index contributed by atoms with van der Waals surface area (Å²) in [4.78, 5) is 26.0. The number of amides is 1. The first-order chi connectivity index (χ1) is 18.4. The van der Waals surface area contributed by atoms with Gasteiger partial charge in [0.15, 0.2) is 0 Å². The van der Waals surface area contributed by atoms with Crippen LogP contribution in [0.5, 0.6) is 0 Å². The highest BCUT2D eigenvalue weighted by atomic mass is 35.5. The number of nitrogens with zero attached hydrogens (tertiary/aromatic N) is 1. The second-order valence-electron chi connectivity index (χ2n) is 8.18. The maximum absolute atomic E-state index is 13.3. The lowest BCUT2D eigenvalue weighted by Gasteiger charge is -2.30. The van der Waals surface area contributed by atoms with E-state index in [-0.39, 0.29) is 29.4 Å². The molecule has 1 unspecified atom stereocenters. The summed E-state index contributed by atoms with van der Waals surface area (Å²) in [6, 6.07) is 23.9. The summed E-state index contributed by atoms with van der Waals surface area (Å²) < 4.78 is 18.6. The Morgan fingerprint density at radius 2 is 1.76 bits per heavy atom. The molecule has 4 rings (SSSR count). The quantitative estimate of drug-likeness (QED) is 0.324. The van der Waals surface area contributed by atoms with Crippen molar-refractivity contribution in [3.05, 3.63) is 117 Å². The molecular weight excluding hydrogens is 525 g/mol. The van der Waals surface area contributed by atoms with Crippen LogP contribution in [0.2, 0.25) is 5.02 Å². The van der Waals surface area contributed by atoms with Gasteiger partial charge in [-0.05, 0) is 54.4 Å². The van der Waals surface area contributed by atoms with Gasteiger partial charge in [-0.15, -0.1) is 0 Å². The zero-order valence-corrected chi connectivity index (χ0v) is 21.9. The number of benzene rings is 3. The van der Waals surface area contributed by atoms with E-state index in [0.717, 1.165) is 17.3 Å². The van der Waals surface area contributed by atoms with Gasteiger partial charge >= 0.3 is 5.97 Å². The lowest BCUT2D eigenvalue weighted by molar-refractivity contribution is -0.138. The van der Waals surface area contributed by atoms with E-state index in [9.17, 15) is 19.2 Å². The fourth-order valence-corrected chi connectivity index (χ4v) is 4.98. The minimum atomic E-state index is -0.754. The average Bonchev–Trinajstić information content (AvgIpc) is 2.93. The number of halogens is 2. The molecule has 9 heteroatoms. The topological polar surface area (TPSA) is 91.2 Å². The van der Waals surface area contributed by atoms with E-state index in [1.165, 1.54) is 24.3 Å². The largest absolute Gasteiger partial charge is 0.463 e. The fraction of sp³-hybridized carbons (Fsp3) is 0.138. The summed E-state index contributed by atoms with van der Waals surface area (Å²) in [5.74, 6) is -2.08. The summed E-state index contributed by atoms with van der Waals surface area (Å²) in [5, 5.41) is 17.2. The Hall–Kier alpha value is -4.06. The molecule has 38 heavy (non-hydrogen) atoms. The standard InChI is InChI=1S/C29H23ClFN3O3S/c1-2-37-29(36)26-25(18-8-10-20(30)11-9-18)23(16-32)28(34-27(26)19-6-4-3-5-7-19)38-17-24(35)33-22-14-12-21(31)13-15-22/h3-15,25,34H,2,17H2,1H3,(H,33,35). The van der Waals surface area contributed by atoms with Crippen molar-refractivity contribution in [2.24, 2.45) is 0 Å². The van der Waals surface area contributed by atoms with Crippen molar-refractivity contribution >= 4 is 46.6 Å². The van der Waals surface area contributed by atoms with Gasteiger partial charge in [-0.3, -0.25) is 4.79 Å². The van der Waals surface area contributed by atoms with Crippen molar-refractivity contribution in [1.29, 1.82) is 5.26 Å². The molecule has 0 saturated heterocycles. The number of carbonyl (C=O) groups is 2. The van der Waals surface area contributed by atoms with Gasteiger partial charge in [0, 0.05) is 10.7 Å². The zero-order chi connectivity index (χ0) is 27.1. The van der Waals surface area contributed by atoms with Gasteiger partial charge in [0.05, 0.1) is 46.2 Å². The average molecular weight is 548 g/mol. The highest BCUT2D eigenvalue weighted by molar-refractivity contribution is 8.03. The lowest BCUT2D eigenvalue weighted by atomic mass is 9.81. The molecule has 0 saturated carbocycles. The van der Waals surface area contributed by atoms with E-state index in [2.05, 4.69) is 16.7 Å². The van der Waals surface area contributed by atoms with E-state index in [4.69, 9.17) is 16.3 Å². The Morgan fingerprint density at radius 3 is 2.39 bits per heavy atom. The summed E-state index contributed by atoms with van der Waals surface area (Å²) in [7, 11) is 0. The van der Waals surface area contributed by atoms with Crippen molar-refractivity contribution in [1.82, 2.24) is 5.32 Å². The zero-order valence-electron chi connectivity index (χ0n) is 20.3. The number of thioether (sulfide) groups is 1. The highest BCUT2D eigenvalue weighted by Crippen LogP contribution is 2.43. The van der Waals surface area contributed by atoms with Crippen LogP contribution in [0.4, 0.5) is 10.1 Å². The molecule has 2 N–H and O–H groups in total. The molecule has 1 amide bonds. The monoisotopic (exact) mass is 547 g/mol. The van der Waals surface area contributed by atoms with Gasteiger partial charge in [0.2, 0.25) is 5.91 Å². The van der Waals surface area contributed by atoms with Crippen LogP contribution < -0.4 is 10.6 Å². The molecule has 1 aliphatic rings. The van der Waals surface area contributed by atoms with Crippen LogP contribution >= 0.6 is 23.4 Å². The van der Waals surface area contributed by atoms with Gasteiger partial charge in [-0.25, -0.2) is 9.18 Å². The molecule has 1 aliphatic heterocycles. The molecule has 0 aromatic heterocycles. The Bertz CT molecular complexity index is 1430. The molecule has 0 fully saturated rings. The molecule has 3 aromatic carbocycles. The Balaban J connectivity index is 1.75. The van der Waals surface area contributed by atoms with Gasteiger partial charge in [0.25, 0.3) is 0 Å². The third-order valence-corrected chi connectivity index (χ3v) is 6.96. The minimum Gasteiger partial charge on any atom is -0.463 e. The van der Waals surface area contributed by atoms with E-state index in [1.807, 2.05) is 30.3 Å². The number of rotatable bonds is 8. The van der Waals surface area contributed by atoms with Crippen molar-refractivity contribution < 1.29 is 18.7 Å². The van der Waals surface area contributed by atoms with Crippen molar-refractivity contribution in [2.75, 3.05) is 17.7 Å². The Kier molecular flexibility index (Phi) is 8.85. The second kappa shape index (κ2) is 12.5. The number of carbonyl (C=O) groups excluding carboxylic acids is 2. The third kappa shape index (κ3) is 6.25. The molecule has 0 aliphatic carbocycles. The lowest BCUT2D eigenvalue weighted by Crippen LogP contribution is -2.29. The van der Waals surface area contributed by atoms with E-state index in [0.29, 0.717) is 27.0 Å². The maximum atomic E-state index is 13.3. The summed E-state index contributed by atoms with van der Waals surface area (Å²) in [6.07, 6.45) is 0. The molecular formula is C29H23ClFN3O3S. The second-order valence-corrected chi connectivity index (χ2v) is 9.61. The van der Waals surface area contributed by atoms with E-state index >= 15 is 0 Å². The molecule has 6 nitrogen and oxygen atoms in total. The smallest absolute Gasteiger partial charge is 0.337 e. The Labute approximate surface area is 229 Å². The summed E-state index contributed by atoms with van der Waals surface area (Å²) in [5.41, 5.74) is 2.91. The van der Waals surface area contributed by atoms with Crippen LogP contribution in [-0.4, -0.2) is 24.2 Å². The van der Waals surface area contributed by atoms with Gasteiger partial charge in [0.1, 0.15) is 5.82 Å². The van der Waals surface area contributed by atoms with Gasteiger partial charge < -0.3 is 15.4 Å². The van der Waals surface area contributed by atoms with Crippen molar-refractivity contribution in [3.8, 4) is 6.07 Å². The molecule has 192 valence electrons. The van der Waals surface area contributed by atoms with Crippen molar-refractivity contribution in [2.45, 2.75) is 12.8 Å². The Morgan fingerprint density at radius 1 is 1.08 bits per heavy atom. The van der Waals surface area contributed by atoms with E-state index < -0.39 is 17.7 Å². The van der Waals surface area contributed by atoms with Gasteiger partial charge in [-0.2, -0.15) is 5.26 Å². The molecule has 3 aromatic rings. The number of esters is 1. The number of nitriles is 1. The number of allylic oxidation sites excluding steroid dienone is 1. The summed E-state index contributed by atoms with van der Waals surface area (Å²) in [6.45, 7) is 1.88. The first-order valence-corrected chi connectivity index (χ1v) is 13.1. The SMILES string of the molecule is CCOC(=O)C1=C(c2ccccc2)NC(SCC(=O)Nc2ccc(F)cc2)=C(C#N)C1c1ccc(Cl)cc1. The minimum absolute atomic E-state index is 0.0327. The third-order valence-electron chi connectivity index (χ3n) is 5.69. The maximum Gasteiger partial charge on any atom is 0.337 e. The predicted octanol–water partition coefficient (Wildman–Crippen LogP) is 6.25. The number of dihydropyridines is 1. The van der Waals surface area contributed by atoms with Crippen LogP contribution in [0.25, 0.3) is 5.70 Å². The number of nitrogens with one attached hydrogen (secondary N) is 2. The van der Waals surface area contributed by atoms with E-state index in [1.54, 1.807) is 31.2 Å². The highest BCUT2D eigenvalue weighted by Gasteiger charge is 2.37. The fourth-order valence-electron chi connectivity index (χ4n) is 4.01. The van der Waals surface area contributed by atoms with Crippen LogP contribution in [-0.2, 0) is 14.3 Å². The van der Waals surface area contributed by atoms with Crippen LogP contribution in [0, 0.1) is 17.1 Å². The predicted molar refractivity (Wildman–Crippen MR) is 147 cm³/mol. The molecule has 1 atom stereocenters. The molecule has 0 bridgehead atoms. The van der Waals surface area contributed by atoms with Gasteiger partial charge in [-0.1, -0.05) is 65.8 Å². The number of hydrogen-bond acceptors (Lipinski definition) is 6. The van der Waals surface area contributed by atoms with Crippen LogP contribution in [0.3, 0.4) is 0 Å². The summed E-state index contributed by atoms with van der Waals surface area (Å²) >= 11 is 7.26. The normalized spacial score (nSPS) is 14.9. The molecule has 1 heterocycles. The van der Waals surface area contributed by atoms with Crippen molar-refractivity contribution in [3.63, 3.8) is 0 Å². The number of hydrogen-bond donors (Lipinski definition) is 2. The number of ether oxygens (including phenoxy) is 1. The van der Waals surface area contributed by atoms with Crippen LogP contribution in [0.15, 0.2) is 95.0 Å². The first-order valence-electron chi connectivity index (χ1n) is 11.7. The number of anilines is 1. The first kappa shape index (κ1) is 27.0. The molecule has 0 radical (unpaired) electrons.